The van der Waals surface area contributed by atoms with E-state index in [1.807, 2.05) is 0 Å². The van der Waals surface area contributed by atoms with Gasteiger partial charge in [0, 0.05) is 13.5 Å². The van der Waals surface area contributed by atoms with Gasteiger partial charge in [0.25, 0.3) is 5.91 Å². The van der Waals surface area contributed by atoms with Crippen LogP contribution < -0.4 is 15.2 Å². The zero-order valence-electron chi connectivity index (χ0n) is 9.14. The van der Waals surface area contributed by atoms with Gasteiger partial charge >= 0.3 is 0 Å². The molecule has 0 fully saturated rings. The van der Waals surface area contributed by atoms with Crippen LogP contribution in [-0.2, 0) is 21.2 Å². The zero-order chi connectivity index (χ0) is 12.6. The molecule has 1 unspecified atom stereocenters. The van der Waals surface area contributed by atoms with Crippen molar-refractivity contribution in [3.05, 3.63) is 23.8 Å². The fraction of sp³-hybridized carbons (Fsp3) is 0.300. The molecule has 0 bridgehead atoms. The molecule has 0 aliphatic carbocycles. The average Bonchev–Trinajstić information content (AvgIpc) is 2.69. The Kier molecular flexibility index (Phi) is 2.80. The highest BCUT2D eigenvalue weighted by Crippen LogP contribution is 2.30. The fourth-order valence-corrected chi connectivity index (χ4v) is 2.27. The standard InChI is InChI=1S/C10H12N2O4S/c1-12-10(13)9-5-6-4-7(17(11,14)15)2-3-8(6)16-9/h2-4,9H,5H2,1H3,(H,12,13)(H2,11,14,15). The number of fused-ring (bicyclic) bond motifs is 1. The number of hydrogen-bond acceptors (Lipinski definition) is 4. The van der Waals surface area contributed by atoms with Crippen molar-refractivity contribution in [2.75, 3.05) is 7.05 Å². The normalized spacial score (nSPS) is 18.4. The molecule has 0 saturated heterocycles. The second-order valence-corrected chi connectivity index (χ2v) is 5.30. The van der Waals surface area contributed by atoms with Crippen LogP contribution in [0.5, 0.6) is 5.75 Å². The Labute approximate surface area is 98.8 Å². The average molecular weight is 256 g/mol. The highest BCUT2D eigenvalue weighted by atomic mass is 32.2. The maximum absolute atomic E-state index is 11.4. The van der Waals surface area contributed by atoms with E-state index in [4.69, 9.17) is 9.88 Å². The molecule has 0 saturated carbocycles. The minimum absolute atomic E-state index is 0.0254. The Morgan fingerprint density at radius 3 is 2.82 bits per heavy atom. The molecule has 3 N–H and O–H groups in total. The molecule has 1 amide bonds. The van der Waals surface area contributed by atoms with E-state index >= 15 is 0 Å². The van der Waals surface area contributed by atoms with Gasteiger partial charge in [0.15, 0.2) is 6.10 Å². The lowest BCUT2D eigenvalue weighted by atomic mass is 10.1. The molecule has 6 nitrogen and oxygen atoms in total. The monoisotopic (exact) mass is 256 g/mol. The summed E-state index contributed by atoms with van der Waals surface area (Å²) in [4.78, 5) is 11.4. The molecule has 1 atom stereocenters. The number of hydrogen-bond donors (Lipinski definition) is 2. The van der Waals surface area contributed by atoms with Crippen LogP contribution in [-0.4, -0.2) is 27.5 Å². The number of nitrogens with two attached hydrogens (primary N) is 1. The van der Waals surface area contributed by atoms with Crippen LogP contribution in [0.25, 0.3) is 0 Å². The first-order chi connectivity index (χ1) is 7.91. The van der Waals surface area contributed by atoms with Gasteiger partial charge in [-0.3, -0.25) is 4.79 Å². The van der Waals surface area contributed by atoms with Crippen LogP contribution in [0.3, 0.4) is 0 Å². The van der Waals surface area contributed by atoms with Gasteiger partial charge in [-0.1, -0.05) is 0 Å². The predicted molar refractivity (Wildman–Crippen MR) is 60.0 cm³/mol. The first-order valence-corrected chi connectivity index (χ1v) is 6.50. The molecule has 0 aromatic heterocycles. The van der Waals surface area contributed by atoms with E-state index < -0.39 is 16.1 Å². The van der Waals surface area contributed by atoms with Gasteiger partial charge in [0.1, 0.15) is 5.75 Å². The summed E-state index contributed by atoms with van der Waals surface area (Å²) in [5.74, 6) is 0.282. The summed E-state index contributed by atoms with van der Waals surface area (Å²) < 4.78 is 27.7. The van der Waals surface area contributed by atoms with Crippen molar-refractivity contribution in [1.29, 1.82) is 0 Å². The summed E-state index contributed by atoms with van der Waals surface area (Å²) in [6.07, 6.45) is -0.260. The maximum atomic E-state index is 11.4. The Morgan fingerprint density at radius 1 is 1.53 bits per heavy atom. The second kappa shape index (κ2) is 4.01. The molecular formula is C10H12N2O4S. The van der Waals surface area contributed by atoms with Crippen molar-refractivity contribution in [3.63, 3.8) is 0 Å². The second-order valence-electron chi connectivity index (χ2n) is 3.74. The van der Waals surface area contributed by atoms with E-state index in [2.05, 4.69) is 5.32 Å². The van der Waals surface area contributed by atoms with Gasteiger partial charge in [-0.25, -0.2) is 13.6 Å². The third-order valence-corrected chi connectivity index (χ3v) is 3.48. The minimum atomic E-state index is -3.72. The van der Waals surface area contributed by atoms with Crippen LogP contribution in [0, 0.1) is 0 Å². The molecule has 1 aliphatic heterocycles. The number of carbonyl (C=O) groups excluding carboxylic acids is 1. The molecular weight excluding hydrogens is 244 g/mol. The third kappa shape index (κ3) is 2.25. The Balaban J connectivity index is 2.31. The first-order valence-electron chi connectivity index (χ1n) is 4.96. The number of primary sulfonamides is 1. The zero-order valence-corrected chi connectivity index (χ0v) is 9.95. The molecule has 1 aliphatic rings. The molecule has 1 heterocycles. The van der Waals surface area contributed by atoms with Crippen LogP contribution in [0.15, 0.2) is 23.1 Å². The largest absolute Gasteiger partial charge is 0.480 e. The third-order valence-electron chi connectivity index (χ3n) is 2.57. The number of carbonyl (C=O) groups is 1. The highest BCUT2D eigenvalue weighted by Gasteiger charge is 2.29. The van der Waals surface area contributed by atoms with Crippen molar-refractivity contribution in [3.8, 4) is 5.75 Å². The van der Waals surface area contributed by atoms with Crippen molar-refractivity contribution < 1.29 is 17.9 Å². The Hall–Kier alpha value is -1.60. The number of ether oxygens (including phenoxy) is 1. The number of rotatable bonds is 2. The van der Waals surface area contributed by atoms with Crippen molar-refractivity contribution in [2.24, 2.45) is 5.14 Å². The number of benzene rings is 1. The van der Waals surface area contributed by atoms with Gasteiger partial charge in [-0.2, -0.15) is 0 Å². The molecule has 0 radical (unpaired) electrons. The van der Waals surface area contributed by atoms with Crippen LogP contribution >= 0.6 is 0 Å². The summed E-state index contributed by atoms with van der Waals surface area (Å²) in [6, 6.07) is 4.31. The summed E-state index contributed by atoms with van der Waals surface area (Å²) in [6.45, 7) is 0. The first kappa shape index (κ1) is 11.9. The Bertz CT molecular complexity index is 568. The lowest BCUT2D eigenvalue weighted by Gasteiger charge is -2.07. The summed E-state index contributed by atoms with van der Waals surface area (Å²) >= 11 is 0. The number of amides is 1. The SMILES string of the molecule is CNC(=O)C1Cc2cc(S(N)(=O)=O)ccc2O1. The quantitative estimate of drug-likeness (QED) is 0.737. The predicted octanol–water partition coefficient (Wildman–Crippen LogP) is -0.616. The van der Waals surface area contributed by atoms with E-state index in [1.165, 1.54) is 25.2 Å². The molecule has 92 valence electrons. The molecule has 1 aromatic carbocycles. The number of nitrogens with one attached hydrogen (secondary N) is 1. The molecule has 7 heteroatoms. The fourth-order valence-electron chi connectivity index (χ4n) is 1.71. The smallest absolute Gasteiger partial charge is 0.261 e. The van der Waals surface area contributed by atoms with Gasteiger partial charge in [0.05, 0.1) is 4.90 Å². The van der Waals surface area contributed by atoms with Crippen molar-refractivity contribution in [2.45, 2.75) is 17.4 Å². The lowest BCUT2D eigenvalue weighted by molar-refractivity contribution is -0.126. The number of likely N-dealkylation sites (N-methyl/N-ethyl adjacent to an activating group) is 1. The summed E-state index contributed by atoms with van der Waals surface area (Å²) in [5, 5.41) is 7.50. The van der Waals surface area contributed by atoms with Gasteiger partial charge in [-0.05, 0) is 23.8 Å². The van der Waals surface area contributed by atoms with Crippen LogP contribution in [0.4, 0.5) is 0 Å². The van der Waals surface area contributed by atoms with Gasteiger partial charge in [0.2, 0.25) is 10.0 Å². The van der Waals surface area contributed by atoms with E-state index in [-0.39, 0.29) is 10.8 Å². The van der Waals surface area contributed by atoms with Crippen LogP contribution in [0.1, 0.15) is 5.56 Å². The van der Waals surface area contributed by atoms with E-state index in [0.29, 0.717) is 17.7 Å². The minimum Gasteiger partial charge on any atom is -0.480 e. The molecule has 17 heavy (non-hydrogen) atoms. The summed E-state index contributed by atoms with van der Waals surface area (Å²) in [5.41, 5.74) is 0.671. The topological polar surface area (TPSA) is 98.5 Å². The van der Waals surface area contributed by atoms with Crippen LogP contribution in [0.2, 0.25) is 0 Å². The van der Waals surface area contributed by atoms with Gasteiger partial charge < -0.3 is 10.1 Å². The molecule has 0 spiro atoms. The maximum Gasteiger partial charge on any atom is 0.261 e. The van der Waals surface area contributed by atoms with E-state index in [9.17, 15) is 13.2 Å². The Morgan fingerprint density at radius 2 is 2.24 bits per heavy atom. The molecule has 2 rings (SSSR count). The highest BCUT2D eigenvalue weighted by molar-refractivity contribution is 7.89. The lowest BCUT2D eigenvalue weighted by Crippen LogP contribution is -2.34. The summed E-state index contributed by atoms with van der Waals surface area (Å²) in [7, 11) is -2.21. The van der Waals surface area contributed by atoms with Crippen molar-refractivity contribution >= 4 is 15.9 Å². The molecule has 1 aromatic rings. The number of sulfonamides is 1. The van der Waals surface area contributed by atoms with E-state index in [1.54, 1.807) is 0 Å². The van der Waals surface area contributed by atoms with E-state index in [0.717, 1.165) is 0 Å². The van der Waals surface area contributed by atoms with Crippen molar-refractivity contribution in [1.82, 2.24) is 5.32 Å². The van der Waals surface area contributed by atoms with Gasteiger partial charge in [-0.15, -0.1) is 0 Å².